The molecule has 0 aliphatic carbocycles. The first-order valence-electron chi connectivity index (χ1n) is 13.4. The van der Waals surface area contributed by atoms with Crippen LogP contribution in [0.2, 0.25) is 36.3 Å². The summed E-state index contributed by atoms with van der Waals surface area (Å²) < 4.78 is 39.1. The third kappa shape index (κ3) is 11.3. The van der Waals surface area contributed by atoms with E-state index in [0.717, 1.165) is 56.1 Å². The van der Waals surface area contributed by atoms with Gasteiger partial charge in [-0.05, 0) is 35.9 Å². The van der Waals surface area contributed by atoms with E-state index in [1.807, 2.05) is 0 Å². The quantitative estimate of drug-likeness (QED) is 0.152. The molecule has 9 heteroatoms. The number of ether oxygens (including phenoxy) is 3. The number of hydrogen-bond donors (Lipinski definition) is 0. The normalized spacial score (nSPS) is 28.4. The molecule has 0 aromatic heterocycles. The summed E-state index contributed by atoms with van der Waals surface area (Å²) >= 11 is 0. The first-order valence-corrected chi connectivity index (χ1v) is 20.1. The van der Waals surface area contributed by atoms with E-state index in [4.69, 9.17) is 26.6 Å². The van der Waals surface area contributed by atoms with E-state index >= 15 is 0 Å². The molecule has 1 saturated heterocycles. The predicted molar refractivity (Wildman–Crippen MR) is 143 cm³/mol. The Labute approximate surface area is 208 Å². The van der Waals surface area contributed by atoms with Gasteiger partial charge in [-0.25, -0.2) is 0 Å². The van der Waals surface area contributed by atoms with Crippen LogP contribution in [-0.2, 0) is 26.6 Å². The van der Waals surface area contributed by atoms with Gasteiger partial charge < -0.3 is 26.6 Å². The van der Waals surface area contributed by atoms with Crippen molar-refractivity contribution in [3.05, 3.63) is 0 Å². The second kappa shape index (κ2) is 15.5. The monoisotopic (exact) mass is 522 g/mol. The molecule has 0 radical (unpaired) electrons. The average molecular weight is 523 g/mol. The Morgan fingerprint density at radius 3 is 0.909 bits per heavy atom. The zero-order valence-corrected chi connectivity index (χ0v) is 26.2. The minimum absolute atomic E-state index is 0.533. The largest absolute Gasteiger partial charge is 0.415 e. The van der Waals surface area contributed by atoms with Crippen molar-refractivity contribution in [1.29, 1.82) is 0 Å². The smallest absolute Gasteiger partial charge is 0.322 e. The molecule has 0 N–H and O–H groups in total. The fraction of sp³-hybridized carbons (Fsp3) is 1.00. The molecule has 0 amide bonds. The van der Waals surface area contributed by atoms with E-state index in [2.05, 4.69) is 62.3 Å². The molecule has 1 rings (SSSR count). The maximum absolute atomic E-state index is 7.04. The summed E-state index contributed by atoms with van der Waals surface area (Å²) in [5.74, 6) is 1.60. The minimum atomic E-state index is -2.44. The lowest BCUT2D eigenvalue weighted by Crippen LogP contribution is -2.70. The SMILES string of the molecule is CC[Si]1(CCOCC(C)C)O[Si](CC)(CCOCC(C)C)O[Si](CC)(CCOCC(C)C)O1. The van der Waals surface area contributed by atoms with Crippen LogP contribution >= 0.6 is 0 Å². The fourth-order valence-corrected chi connectivity index (χ4v) is 22.1. The van der Waals surface area contributed by atoms with Gasteiger partial charge >= 0.3 is 25.7 Å². The predicted octanol–water partition coefficient (Wildman–Crippen LogP) is 6.45. The molecule has 0 atom stereocenters. The zero-order valence-electron chi connectivity index (χ0n) is 23.2. The van der Waals surface area contributed by atoms with Gasteiger partial charge in [0.25, 0.3) is 0 Å². The molecule has 0 aromatic rings. The third-order valence-corrected chi connectivity index (χ3v) is 21.0. The van der Waals surface area contributed by atoms with Crippen LogP contribution in [0.15, 0.2) is 0 Å². The van der Waals surface area contributed by atoms with Gasteiger partial charge in [0.15, 0.2) is 0 Å². The second-order valence-corrected chi connectivity index (χ2v) is 22.3. The summed E-state index contributed by atoms with van der Waals surface area (Å²) in [5, 5.41) is 0. The molecule has 0 saturated carbocycles. The molecule has 33 heavy (non-hydrogen) atoms. The van der Waals surface area contributed by atoms with Crippen molar-refractivity contribution < 1.29 is 26.6 Å². The van der Waals surface area contributed by atoms with Gasteiger partial charge in [0.1, 0.15) is 0 Å². The van der Waals surface area contributed by atoms with Crippen LogP contribution in [0.3, 0.4) is 0 Å². The molecular formula is C24H54O6Si3. The molecule has 0 bridgehead atoms. The first-order chi connectivity index (χ1) is 15.6. The van der Waals surface area contributed by atoms with Crippen molar-refractivity contribution in [2.24, 2.45) is 17.8 Å². The van der Waals surface area contributed by atoms with Crippen molar-refractivity contribution in [3.63, 3.8) is 0 Å². The lowest BCUT2D eigenvalue weighted by atomic mass is 10.2. The molecule has 1 aliphatic rings. The highest BCUT2D eigenvalue weighted by Crippen LogP contribution is 2.41. The summed E-state index contributed by atoms with van der Waals surface area (Å²) in [6.07, 6.45) is 0. The molecule has 1 heterocycles. The lowest BCUT2D eigenvalue weighted by Gasteiger charge is -2.53. The van der Waals surface area contributed by atoms with Crippen molar-refractivity contribution in [2.45, 2.75) is 98.6 Å². The maximum atomic E-state index is 7.04. The van der Waals surface area contributed by atoms with Gasteiger partial charge in [-0.15, -0.1) is 0 Å². The summed E-state index contributed by atoms with van der Waals surface area (Å²) in [5.41, 5.74) is 0. The van der Waals surface area contributed by atoms with E-state index in [1.165, 1.54) is 0 Å². The van der Waals surface area contributed by atoms with Gasteiger partial charge in [-0.2, -0.15) is 0 Å². The number of hydrogen-bond acceptors (Lipinski definition) is 6. The Bertz CT molecular complexity index is 441. The Balaban J connectivity index is 3.05. The van der Waals surface area contributed by atoms with Crippen LogP contribution in [0.5, 0.6) is 0 Å². The zero-order chi connectivity index (χ0) is 25.0. The molecule has 1 aliphatic heterocycles. The van der Waals surface area contributed by atoms with Crippen LogP contribution < -0.4 is 0 Å². The van der Waals surface area contributed by atoms with E-state index < -0.39 is 25.7 Å². The maximum Gasteiger partial charge on any atom is 0.322 e. The van der Waals surface area contributed by atoms with E-state index in [-0.39, 0.29) is 0 Å². The van der Waals surface area contributed by atoms with Gasteiger partial charge in [-0.1, -0.05) is 62.3 Å². The standard InChI is InChI=1S/C24H54O6Si3/c1-10-31(16-13-25-19-22(4)5)28-32(11-2,17-14-26-20-23(6)7)30-33(12-3,29-31)18-15-27-21-24(8)9/h22-24H,10-21H2,1-9H3. The molecule has 6 nitrogen and oxygen atoms in total. The van der Waals surface area contributed by atoms with Crippen LogP contribution in [0.4, 0.5) is 0 Å². The van der Waals surface area contributed by atoms with Crippen molar-refractivity contribution in [1.82, 2.24) is 0 Å². The molecule has 198 valence electrons. The van der Waals surface area contributed by atoms with E-state index in [1.54, 1.807) is 0 Å². The van der Waals surface area contributed by atoms with Crippen LogP contribution in [0, 0.1) is 17.8 Å². The van der Waals surface area contributed by atoms with Gasteiger partial charge in [0.2, 0.25) is 0 Å². The van der Waals surface area contributed by atoms with Gasteiger partial charge in [0.05, 0.1) is 0 Å². The summed E-state index contributed by atoms with van der Waals surface area (Å²) in [4.78, 5) is 0. The topological polar surface area (TPSA) is 55.4 Å². The van der Waals surface area contributed by atoms with Crippen molar-refractivity contribution in [2.75, 3.05) is 39.6 Å². The highest BCUT2D eigenvalue weighted by Gasteiger charge is 2.60. The van der Waals surface area contributed by atoms with Crippen LogP contribution in [0.25, 0.3) is 0 Å². The summed E-state index contributed by atoms with van der Waals surface area (Å²) in [6.45, 7) is 24.3. The third-order valence-electron chi connectivity index (χ3n) is 5.97. The lowest BCUT2D eigenvalue weighted by molar-refractivity contribution is 0.100. The Morgan fingerprint density at radius 1 is 0.485 bits per heavy atom. The van der Waals surface area contributed by atoms with Crippen LogP contribution in [-0.4, -0.2) is 65.3 Å². The number of rotatable bonds is 18. The molecule has 0 unspecified atom stereocenters. The Hall–Kier alpha value is 0.411. The first kappa shape index (κ1) is 31.4. The van der Waals surface area contributed by atoms with Crippen molar-refractivity contribution >= 4 is 25.7 Å². The van der Waals surface area contributed by atoms with E-state index in [0.29, 0.717) is 37.6 Å². The highest BCUT2D eigenvalue weighted by atomic mass is 28.5. The Morgan fingerprint density at radius 2 is 0.727 bits per heavy atom. The minimum Gasteiger partial charge on any atom is -0.415 e. The van der Waals surface area contributed by atoms with Crippen molar-refractivity contribution in [3.8, 4) is 0 Å². The molecule has 0 aromatic carbocycles. The summed E-state index contributed by atoms with van der Waals surface area (Å²) in [6, 6.07) is 5.44. The molecule has 0 spiro atoms. The molecule has 1 fully saturated rings. The van der Waals surface area contributed by atoms with Crippen LogP contribution in [0.1, 0.15) is 62.3 Å². The Kier molecular flexibility index (Phi) is 14.8. The van der Waals surface area contributed by atoms with Gasteiger partial charge in [0, 0.05) is 57.8 Å². The average Bonchev–Trinajstić information content (AvgIpc) is 2.77. The highest BCUT2D eigenvalue weighted by molar-refractivity contribution is 6.94. The molecular weight excluding hydrogens is 469 g/mol. The van der Waals surface area contributed by atoms with Gasteiger partial charge in [-0.3, -0.25) is 0 Å². The summed E-state index contributed by atoms with van der Waals surface area (Å²) in [7, 11) is -7.33. The fourth-order valence-electron chi connectivity index (χ4n) is 3.99. The second-order valence-electron chi connectivity index (χ2n) is 10.8. The van der Waals surface area contributed by atoms with E-state index in [9.17, 15) is 0 Å².